The predicted octanol–water partition coefficient (Wildman–Crippen LogP) is 4.76. The van der Waals surface area contributed by atoms with Crippen molar-refractivity contribution in [3.8, 4) is 11.5 Å². The molecule has 0 spiro atoms. The topological polar surface area (TPSA) is 71.1 Å². The molecule has 2 heterocycles. The van der Waals surface area contributed by atoms with Gasteiger partial charge in [0, 0.05) is 53.5 Å². The summed E-state index contributed by atoms with van der Waals surface area (Å²) in [4.78, 5) is 30.7. The van der Waals surface area contributed by atoms with Crippen LogP contribution in [0.3, 0.4) is 0 Å². The number of amides is 2. The van der Waals surface area contributed by atoms with Crippen molar-refractivity contribution < 1.29 is 19.1 Å². The Labute approximate surface area is 212 Å². The first-order chi connectivity index (χ1) is 17.1. The molecular weight excluding hydrogens is 486 g/mol. The highest BCUT2D eigenvalue weighted by molar-refractivity contribution is 8.00. The van der Waals surface area contributed by atoms with Crippen molar-refractivity contribution in [3.63, 3.8) is 0 Å². The normalized spacial score (nSPS) is 14.7. The molecular formula is C26H24ClN3O4S. The second kappa shape index (κ2) is 10.5. The minimum atomic E-state index is -0.161. The van der Waals surface area contributed by atoms with Crippen LogP contribution in [0.2, 0.25) is 5.02 Å². The lowest BCUT2D eigenvalue weighted by atomic mass is 10.1. The number of carbonyl (C=O) groups excluding carboxylic acids is 2. The van der Waals surface area contributed by atoms with Crippen molar-refractivity contribution in [2.75, 3.05) is 48.9 Å². The van der Waals surface area contributed by atoms with Gasteiger partial charge in [0.25, 0.3) is 5.91 Å². The van der Waals surface area contributed by atoms with Crippen molar-refractivity contribution in [1.82, 2.24) is 4.90 Å². The first-order valence-electron chi connectivity index (χ1n) is 11.3. The summed E-state index contributed by atoms with van der Waals surface area (Å²) in [5.41, 5.74) is 2.32. The van der Waals surface area contributed by atoms with Crippen molar-refractivity contribution in [3.05, 3.63) is 77.3 Å². The third-order valence-corrected chi connectivity index (χ3v) is 7.18. The van der Waals surface area contributed by atoms with E-state index in [4.69, 9.17) is 21.1 Å². The fourth-order valence-corrected chi connectivity index (χ4v) is 5.12. The lowest BCUT2D eigenvalue weighted by Crippen LogP contribution is -2.48. The molecule has 7 nitrogen and oxygen atoms in total. The number of ether oxygens (including phenoxy) is 2. The summed E-state index contributed by atoms with van der Waals surface area (Å²) in [5, 5.41) is 3.58. The Hall–Kier alpha value is -3.36. The van der Waals surface area contributed by atoms with Crippen molar-refractivity contribution >= 4 is 46.6 Å². The van der Waals surface area contributed by atoms with Gasteiger partial charge in [-0.05, 0) is 42.5 Å². The molecule has 180 valence electrons. The first kappa shape index (κ1) is 23.4. The summed E-state index contributed by atoms with van der Waals surface area (Å²) in [7, 11) is 0. The van der Waals surface area contributed by atoms with Gasteiger partial charge in [-0.25, -0.2) is 0 Å². The van der Waals surface area contributed by atoms with Gasteiger partial charge in [0.05, 0.1) is 11.3 Å². The van der Waals surface area contributed by atoms with Gasteiger partial charge in [-0.1, -0.05) is 29.8 Å². The van der Waals surface area contributed by atoms with Gasteiger partial charge in [-0.3, -0.25) is 9.59 Å². The number of hydrogen-bond donors (Lipinski definition) is 1. The number of carbonyl (C=O) groups is 2. The van der Waals surface area contributed by atoms with E-state index in [0.29, 0.717) is 40.9 Å². The monoisotopic (exact) mass is 509 g/mol. The van der Waals surface area contributed by atoms with Crippen molar-refractivity contribution in [2.45, 2.75) is 4.90 Å². The number of nitrogens with one attached hydrogen (secondary N) is 1. The lowest BCUT2D eigenvalue weighted by molar-refractivity contribution is -0.113. The average molecular weight is 510 g/mol. The maximum absolute atomic E-state index is 13.3. The van der Waals surface area contributed by atoms with Gasteiger partial charge in [0.15, 0.2) is 11.5 Å². The van der Waals surface area contributed by atoms with Gasteiger partial charge < -0.3 is 24.6 Å². The smallest absolute Gasteiger partial charge is 0.255 e. The molecule has 1 fully saturated rings. The standard InChI is InChI=1S/C26H24ClN3O4S/c27-18-4-3-5-20(14-18)29-10-12-30(13-11-29)26(32)21-6-1-2-7-24(21)35-16-25(31)28-19-8-9-22-23(15-19)34-17-33-22/h1-9,14-15H,10-13,16-17H2,(H,28,31). The minimum absolute atomic E-state index is 0.0185. The highest BCUT2D eigenvalue weighted by atomic mass is 35.5. The Balaban J connectivity index is 1.18. The Bertz CT molecular complexity index is 1250. The Morgan fingerprint density at radius 3 is 2.54 bits per heavy atom. The minimum Gasteiger partial charge on any atom is -0.454 e. The van der Waals surface area contributed by atoms with Gasteiger partial charge >= 0.3 is 0 Å². The quantitative estimate of drug-likeness (QED) is 0.483. The summed E-state index contributed by atoms with van der Waals surface area (Å²) in [6.07, 6.45) is 0. The summed E-state index contributed by atoms with van der Waals surface area (Å²) in [5.74, 6) is 1.28. The molecule has 0 saturated carbocycles. The van der Waals surface area contributed by atoms with Crippen LogP contribution < -0.4 is 19.7 Å². The third-order valence-electron chi connectivity index (χ3n) is 5.87. The molecule has 2 aliphatic heterocycles. The number of anilines is 2. The Kier molecular flexibility index (Phi) is 7.01. The van der Waals surface area contributed by atoms with Crippen LogP contribution in [0.1, 0.15) is 10.4 Å². The van der Waals surface area contributed by atoms with Crippen LogP contribution in [0.15, 0.2) is 71.6 Å². The fourth-order valence-electron chi connectivity index (χ4n) is 4.09. The Morgan fingerprint density at radius 1 is 0.914 bits per heavy atom. The molecule has 35 heavy (non-hydrogen) atoms. The molecule has 0 atom stereocenters. The van der Waals surface area contributed by atoms with Gasteiger partial charge in [-0.2, -0.15) is 0 Å². The molecule has 2 aliphatic rings. The van der Waals surface area contributed by atoms with Crippen LogP contribution >= 0.6 is 23.4 Å². The first-order valence-corrected chi connectivity index (χ1v) is 12.6. The molecule has 3 aromatic carbocycles. The maximum atomic E-state index is 13.3. The predicted molar refractivity (Wildman–Crippen MR) is 138 cm³/mol. The largest absolute Gasteiger partial charge is 0.454 e. The number of hydrogen-bond acceptors (Lipinski definition) is 6. The number of piperazine rings is 1. The highest BCUT2D eigenvalue weighted by Crippen LogP contribution is 2.34. The fraction of sp³-hybridized carbons (Fsp3) is 0.231. The average Bonchev–Trinajstić information content (AvgIpc) is 3.35. The van der Waals surface area contributed by atoms with E-state index in [1.54, 1.807) is 18.2 Å². The van der Waals surface area contributed by atoms with Gasteiger partial charge in [0.2, 0.25) is 12.7 Å². The van der Waals surface area contributed by atoms with Crippen LogP contribution in [0.5, 0.6) is 11.5 Å². The molecule has 0 aromatic heterocycles. The van der Waals surface area contributed by atoms with Crippen LogP contribution in [-0.4, -0.2) is 55.4 Å². The van der Waals surface area contributed by atoms with E-state index < -0.39 is 0 Å². The SMILES string of the molecule is O=C(CSc1ccccc1C(=O)N1CCN(c2cccc(Cl)c2)CC1)Nc1ccc2c(c1)OCO2. The third kappa shape index (κ3) is 5.49. The summed E-state index contributed by atoms with van der Waals surface area (Å²) in [6.45, 7) is 2.89. The van der Waals surface area contributed by atoms with Crippen molar-refractivity contribution in [2.24, 2.45) is 0 Å². The number of thioether (sulfide) groups is 1. The molecule has 0 bridgehead atoms. The van der Waals surface area contributed by atoms with Crippen molar-refractivity contribution in [1.29, 1.82) is 0 Å². The summed E-state index contributed by atoms with van der Waals surface area (Å²) >= 11 is 7.48. The van der Waals surface area contributed by atoms with E-state index in [0.717, 1.165) is 23.7 Å². The van der Waals surface area contributed by atoms with Crippen LogP contribution in [-0.2, 0) is 4.79 Å². The van der Waals surface area contributed by atoms with E-state index >= 15 is 0 Å². The van der Waals surface area contributed by atoms with E-state index in [9.17, 15) is 9.59 Å². The highest BCUT2D eigenvalue weighted by Gasteiger charge is 2.24. The molecule has 3 aromatic rings. The number of halogens is 1. The number of benzene rings is 3. The molecule has 0 aliphatic carbocycles. The molecule has 2 amide bonds. The van der Waals surface area contributed by atoms with E-state index in [1.807, 2.05) is 53.4 Å². The second-order valence-corrected chi connectivity index (χ2v) is 9.61. The zero-order valence-corrected chi connectivity index (χ0v) is 20.5. The van der Waals surface area contributed by atoms with Gasteiger partial charge in [-0.15, -0.1) is 11.8 Å². The maximum Gasteiger partial charge on any atom is 0.255 e. The molecule has 5 rings (SSSR count). The number of nitrogens with zero attached hydrogens (tertiary/aromatic N) is 2. The molecule has 0 radical (unpaired) electrons. The zero-order valence-electron chi connectivity index (χ0n) is 18.9. The molecule has 1 N–H and O–H groups in total. The second-order valence-electron chi connectivity index (χ2n) is 8.16. The summed E-state index contributed by atoms with van der Waals surface area (Å²) in [6, 6.07) is 20.5. The van der Waals surface area contributed by atoms with Crippen LogP contribution in [0.25, 0.3) is 0 Å². The summed E-state index contributed by atoms with van der Waals surface area (Å²) < 4.78 is 10.7. The Morgan fingerprint density at radius 2 is 1.71 bits per heavy atom. The number of rotatable bonds is 6. The molecule has 1 saturated heterocycles. The van der Waals surface area contributed by atoms with Crippen LogP contribution in [0, 0.1) is 0 Å². The van der Waals surface area contributed by atoms with Gasteiger partial charge in [0.1, 0.15) is 0 Å². The van der Waals surface area contributed by atoms with E-state index in [2.05, 4.69) is 10.2 Å². The lowest BCUT2D eigenvalue weighted by Gasteiger charge is -2.36. The number of fused-ring (bicyclic) bond motifs is 1. The molecule has 9 heteroatoms. The van der Waals surface area contributed by atoms with E-state index in [1.165, 1.54) is 11.8 Å². The molecule has 0 unspecified atom stereocenters. The van der Waals surface area contributed by atoms with E-state index in [-0.39, 0.29) is 24.4 Å². The van der Waals surface area contributed by atoms with Crippen LogP contribution in [0.4, 0.5) is 11.4 Å². The zero-order chi connectivity index (χ0) is 24.2.